The molecule has 0 fully saturated rings. The fourth-order valence-electron chi connectivity index (χ4n) is 2.58. The lowest BCUT2D eigenvalue weighted by Gasteiger charge is -2.14. The van der Waals surface area contributed by atoms with Crippen LogP contribution in [0.15, 0.2) is 48.5 Å². The zero-order valence-electron chi connectivity index (χ0n) is 14.9. The summed E-state index contributed by atoms with van der Waals surface area (Å²) in [6.07, 6.45) is -4.25. The van der Waals surface area contributed by atoms with Gasteiger partial charge in [-0.2, -0.15) is 13.2 Å². The molecule has 1 amide bonds. The number of rotatable bonds is 5. The summed E-state index contributed by atoms with van der Waals surface area (Å²) in [4.78, 5) is 23.5. The van der Waals surface area contributed by atoms with E-state index in [0.717, 1.165) is 12.1 Å². The maximum absolute atomic E-state index is 13.5. The molecule has 0 aliphatic rings. The third-order valence-electron chi connectivity index (χ3n) is 3.87. The van der Waals surface area contributed by atoms with Crippen molar-refractivity contribution in [2.75, 3.05) is 0 Å². The topological polar surface area (TPSA) is 46.2 Å². The third kappa shape index (κ3) is 5.84. The number of halogens is 5. The molecule has 0 aliphatic carbocycles. The molecule has 0 bridgehead atoms. The number of carbonyl (C=O) groups is 2. The molecule has 2 aromatic rings. The predicted octanol–water partition coefficient (Wildman–Crippen LogP) is 6.02. The van der Waals surface area contributed by atoms with E-state index >= 15 is 0 Å². The molecule has 2 aromatic carbocycles. The lowest BCUT2D eigenvalue weighted by molar-refractivity contribution is -0.119. The number of nitrogens with one attached hydrogen (secondary N) is 1. The van der Waals surface area contributed by atoms with Crippen molar-refractivity contribution < 1.29 is 22.8 Å². The van der Waals surface area contributed by atoms with E-state index in [1.54, 1.807) is 19.1 Å². The summed E-state index contributed by atoms with van der Waals surface area (Å²) in [6, 6.07) is 9.16. The van der Waals surface area contributed by atoms with Gasteiger partial charge >= 0.3 is 6.18 Å². The van der Waals surface area contributed by atoms with E-state index in [0.29, 0.717) is 11.6 Å². The van der Waals surface area contributed by atoms with Crippen LogP contribution in [0.25, 0.3) is 5.57 Å². The summed E-state index contributed by atoms with van der Waals surface area (Å²) in [5.74, 6) is -1.03. The summed E-state index contributed by atoms with van der Waals surface area (Å²) in [5, 5.41) is 2.74. The monoisotopic (exact) mass is 429 g/mol. The first kappa shape index (κ1) is 22.0. The van der Waals surface area contributed by atoms with Crippen molar-refractivity contribution >= 4 is 40.5 Å². The summed E-state index contributed by atoms with van der Waals surface area (Å²) in [5.41, 5.74) is -0.645. The van der Waals surface area contributed by atoms with E-state index in [2.05, 4.69) is 5.32 Å². The number of hydrogen-bond donors (Lipinski definition) is 1. The Hall–Kier alpha value is -2.31. The van der Waals surface area contributed by atoms with Crippen LogP contribution in [0.4, 0.5) is 13.2 Å². The second-order valence-corrected chi connectivity index (χ2v) is 7.00. The Morgan fingerprint density at radius 3 is 2.00 bits per heavy atom. The molecule has 0 aromatic heterocycles. The largest absolute Gasteiger partial charge is 0.417 e. The van der Waals surface area contributed by atoms with Crippen molar-refractivity contribution in [3.05, 3.63) is 75.3 Å². The van der Waals surface area contributed by atoms with E-state index in [9.17, 15) is 22.8 Å². The van der Waals surface area contributed by atoms with Crippen molar-refractivity contribution in [2.45, 2.75) is 26.1 Å². The van der Waals surface area contributed by atoms with Crippen molar-refractivity contribution in [1.29, 1.82) is 0 Å². The highest BCUT2D eigenvalue weighted by atomic mass is 35.5. The molecule has 1 N–H and O–H groups in total. The van der Waals surface area contributed by atoms with E-state index in [4.69, 9.17) is 23.2 Å². The molecule has 148 valence electrons. The number of alkyl halides is 3. The zero-order chi connectivity index (χ0) is 21.1. The second kappa shape index (κ2) is 8.80. The number of amides is 1. The van der Waals surface area contributed by atoms with Crippen LogP contribution in [0.3, 0.4) is 0 Å². The fraction of sp³-hybridized carbons (Fsp3) is 0.200. The first-order valence-electron chi connectivity index (χ1n) is 8.14. The molecule has 1 atom stereocenters. The molecule has 8 heteroatoms. The van der Waals surface area contributed by atoms with Crippen LogP contribution >= 0.6 is 23.2 Å². The molecule has 0 saturated carbocycles. The van der Waals surface area contributed by atoms with Gasteiger partial charge < -0.3 is 5.32 Å². The minimum atomic E-state index is -4.77. The predicted molar refractivity (Wildman–Crippen MR) is 103 cm³/mol. The third-order valence-corrected chi connectivity index (χ3v) is 4.31. The highest BCUT2D eigenvalue weighted by Gasteiger charge is 2.35. The summed E-state index contributed by atoms with van der Waals surface area (Å²) in [7, 11) is 0. The van der Waals surface area contributed by atoms with Gasteiger partial charge in [-0.05, 0) is 42.3 Å². The fourth-order valence-corrected chi connectivity index (χ4v) is 3.10. The molecule has 0 saturated heterocycles. The van der Waals surface area contributed by atoms with Crippen LogP contribution in [-0.4, -0.2) is 17.9 Å². The van der Waals surface area contributed by atoms with Crippen molar-refractivity contribution in [2.24, 2.45) is 0 Å². The molecular formula is C20H16Cl2F3NO2. The van der Waals surface area contributed by atoms with Gasteiger partial charge in [0.15, 0.2) is 5.78 Å². The van der Waals surface area contributed by atoms with Gasteiger partial charge in [-0.25, -0.2) is 0 Å². The lowest BCUT2D eigenvalue weighted by Crippen LogP contribution is -2.23. The number of benzene rings is 2. The first-order chi connectivity index (χ1) is 13.0. The van der Waals surface area contributed by atoms with Crippen LogP contribution in [0.2, 0.25) is 10.0 Å². The summed E-state index contributed by atoms with van der Waals surface area (Å²) >= 11 is 11.6. The van der Waals surface area contributed by atoms with Gasteiger partial charge in [-0.3, -0.25) is 9.59 Å². The SMILES string of the molecule is CC(=O)N[C@@H](C)c1ccc(C(=O)/C=C(/c2cc(Cl)cc(Cl)c2)C(F)(F)F)cc1. The van der Waals surface area contributed by atoms with Crippen molar-refractivity contribution in [3.63, 3.8) is 0 Å². The molecule has 0 unspecified atom stereocenters. The number of hydrogen-bond acceptors (Lipinski definition) is 2. The Bertz CT molecular complexity index is 902. The molecule has 0 spiro atoms. The van der Waals surface area contributed by atoms with Crippen LogP contribution in [0.1, 0.15) is 41.4 Å². The summed E-state index contributed by atoms with van der Waals surface area (Å²) < 4.78 is 40.5. The molecule has 0 aliphatic heterocycles. The highest BCUT2D eigenvalue weighted by molar-refractivity contribution is 6.35. The van der Waals surface area contributed by atoms with Crippen LogP contribution in [-0.2, 0) is 4.79 Å². The van der Waals surface area contributed by atoms with E-state index in [1.807, 2.05) is 0 Å². The Morgan fingerprint density at radius 2 is 1.54 bits per heavy atom. The Labute approximate surface area is 170 Å². The quantitative estimate of drug-likeness (QED) is 0.466. The second-order valence-electron chi connectivity index (χ2n) is 6.12. The highest BCUT2D eigenvalue weighted by Crippen LogP contribution is 2.36. The maximum Gasteiger partial charge on any atom is 0.417 e. The van der Waals surface area contributed by atoms with Gasteiger partial charge in [0.1, 0.15) is 0 Å². The minimum absolute atomic E-state index is 0.0291. The van der Waals surface area contributed by atoms with Crippen LogP contribution in [0.5, 0.6) is 0 Å². The lowest BCUT2D eigenvalue weighted by atomic mass is 9.99. The Kier molecular flexibility index (Phi) is 6.91. The van der Waals surface area contributed by atoms with Gasteiger partial charge in [0, 0.05) is 22.5 Å². The molecule has 3 nitrogen and oxygen atoms in total. The number of ketones is 1. The number of allylic oxidation sites excluding steroid dienone is 2. The molecule has 0 heterocycles. The van der Waals surface area contributed by atoms with Crippen LogP contribution < -0.4 is 5.32 Å². The van der Waals surface area contributed by atoms with Crippen molar-refractivity contribution in [1.82, 2.24) is 5.32 Å². The Morgan fingerprint density at radius 1 is 1.00 bits per heavy atom. The van der Waals surface area contributed by atoms with Gasteiger partial charge in [-0.15, -0.1) is 0 Å². The van der Waals surface area contributed by atoms with Crippen molar-refractivity contribution in [3.8, 4) is 0 Å². The average Bonchev–Trinajstić information content (AvgIpc) is 2.57. The summed E-state index contributed by atoms with van der Waals surface area (Å²) in [6.45, 7) is 3.13. The molecular weight excluding hydrogens is 414 g/mol. The Balaban J connectivity index is 2.36. The molecule has 0 radical (unpaired) electrons. The van der Waals surface area contributed by atoms with Gasteiger partial charge in [0.25, 0.3) is 0 Å². The standard InChI is InChI=1S/C20H16Cl2F3NO2/c1-11(26-12(2)27)13-3-5-14(6-4-13)19(28)10-18(20(23,24)25)15-7-16(21)9-17(22)8-15/h3-11H,1-2H3,(H,26,27)/b18-10-/t11-/m0/s1. The first-order valence-corrected chi connectivity index (χ1v) is 8.89. The van der Waals surface area contributed by atoms with E-state index in [-0.39, 0.29) is 33.1 Å². The van der Waals surface area contributed by atoms with Gasteiger partial charge in [0.2, 0.25) is 5.91 Å². The zero-order valence-corrected chi connectivity index (χ0v) is 16.4. The number of carbonyl (C=O) groups excluding carboxylic acids is 2. The smallest absolute Gasteiger partial charge is 0.350 e. The molecule has 2 rings (SSSR count). The van der Waals surface area contributed by atoms with Gasteiger partial charge in [-0.1, -0.05) is 47.5 Å². The average molecular weight is 430 g/mol. The van der Waals surface area contributed by atoms with Crippen LogP contribution in [0, 0.1) is 0 Å². The minimum Gasteiger partial charge on any atom is -0.350 e. The molecule has 28 heavy (non-hydrogen) atoms. The normalized spacial score (nSPS) is 13.2. The van der Waals surface area contributed by atoms with Gasteiger partial charge in [0.05, 0.1) is 11.6 Å². The van der Waals surface area contributed by atoms with E-state index in [1.165, 1.54) is 25.1 Å². The van der Waals surface area contributed by atoms with E-state index < -0.39 is 17.5 Å². The maximum atomic E-state index is 13.5.